The number of hydrogen-bond acceptors (Lipinski definition) is 4. The van der Waals surface area contributed by atoms with Gasteiger partial charge in [0, 0.05) is 26.2 Å². The Morgan fingerprint density at radius 2 is 1.61 bits per heavy atom. The Morgan fingerprint density at radius 1 is 0.929 bits per heavy atom. The number of thioether (sulfide) groups is 1. The van der Waals surface area contributed by atoms with Gasteiger partial charge in [0.2, 0.25) is 0 Å². The zero-order valence-electron chi connectivity index (χ0n) is 15.3. The maximum atomic E-state index is 12.2. The number of nitrogens with zero attached hydrogens (tertiary/aromatic N) is 3. The number of halogens is 1. The van der Waals surface area contributed by atoms with Crippen LogP contribution in [0.4, 0.5) is 5.69 Å². The molecule has 2 aromatic rings. The highest BCUT2D eigenvalue weighted by Gasteiger charge is 2.28. The number of carbonyl (C=O) groups excluding carboxylic acids is 1. The van der Waals surface area contributed by atoms with Gasteiger partial charge in [0.15, 0.2) is 5.17 Å². The van der Waals surface area contributed by atoms with Crippen molar-refractivity contribution in [1.29, 1.82) is 0 Å². The van der Waals surface area contributed by atoms with E-state index in [1.165, 1.54) is 11.8 Å². The van der Waals surface area contributed by atoms with Crippen molar-refractivity contribution in [2.45, 2.75) is 0 Å². The first-order valence-electron chi connectivity index (χ1n) is 9.19. The summed E-state index contributed by atoms with van der Waals surface area (Å²) in [5, 5.41) is 1.57. The van der Waals surface area contributed by atoms with E-state index >= 15 is 0 Å². The monoisotopic (exact) mass is 409 g/mol. The van der Waals surface area contributed by atoms with Crippen LogP contribution in [-0.4, -0.2) is 42.2 Å². The number of piperazine rings is 1. The number of aliphatic imine (C=N–C) groups is 1. The minimum absolute atomic E-state index is 0.161. The molecule has 0 N–H and O–H groups in total. The Hall–Kier alpha value is -2.50. The third-order valence-corrected chi connectivity index (χ3v) is 6.07. The Kier molecular flexibility index (Phi) is 5.84. The summed E-state index contributed by atoms with van der Waals surface area (Å²) in [6, 6.07) is 17.9. The molecule has 1 amide bonds. The second kappa shape index (κ2) is 8.67. The Morgan fingerprint density at radius 3 is 2.36 bits per heavy atom. The summed E-state index contributed by atoms with van der Waals surface area (Å²) in [5.41, 5.74) is 2.17. The average Bonchev–Trinajstić information content (AvgIpc) is 3.10. The smallest absolute Gasteiger partial charge is 0.286 e. The molecule has 2 aliphatic rings. The highest BCUT2D eigenvalue weighted by Crippen LogP contribution is 2.31. The number of hydrogen-bond donors (Lipinski definition) is 0. The Balaban J connectivity index is 1.36. The van der Waals surface area contributed by atoms with Crippen molar-refractivity contribution in [1.82, 2.24) is 4.90 Å². The molecule has 4 rings (SSSR count). The molecule has 1 saturated heterocycles. The van der Waals surface area contributed by atoms with Crippen LogP contribution in [-0.2, 0) is 4.79 Å². The number of anilines is 1. The fourth-order valence-electron chi connectivity index (χ4n) is 3.20. The van der Waals surface area contributed by atoms with Crippen LogP contribution < -0.4 is 4.90 Å². The number of carbonyl (C=O) groups is 1. The number of amides is 1. The standard InChI is InChI=1S/C22H20ClN3OS/c23-18-10-4-5-11-19(18)25-13-15-26(16-14-25)22-24-21(27)20(28-22)12-6-9-17-7-2-1-3-8-17/h1-12H,13-16H2/b9-6+,20-12+. The second-order valence-electron chi connectivity index (χ2n) is 6.53. The fourth-order valence-corrected chi connectivity index (χ4v) is 4.38. The summed E-state index contributed by atoms with van der Waals surface area (Å²) in [5.74, 6) is -0.161. The van der Waals surface area contributed by atoms with Gasteiger partial charge < -0.3 is 9.80 Å². The van der Waals surface area contributed by atoms with E-state index in [9.17, 15) is 4.79 Å². The quantitative estimate of drug-likeness (QED) is 0.689. The van der Waals surface area contributed by atoms with Crippen LogP contribution in [0.2, 0.25) is 5.02 Å². The van der Waals surface area contributed by atoms with Crippen molar-refractivity contribution >= 4 is 46.2 Å². The minimum Gasteiger partial charge on any atom is -0.367 e. The molecule has 1 fully saturated rings. The first kappa shape index (κ1) is 18.8. The number of benzene rings is 2. The number of rotatable bonds is 3. The molecule has 142 valence electrons. The molecule has 0 unspecified atom stereocenters. The molecule has 6 heteroatoms. The van der Waals surface area contributed by atoms with Gasteiger partial charge >= 0.3 is 0 Å². The van der Waals surface area contributed by atoms with Crippen molar-refractivity contribution in [3.63, 3.8) is 0 Å². The summed E-state index contributed by atoms with van der Waals surface area (Å²) in [6.07, 6.45) is 5.74. The van der Waals surface area contributed by atoms with E-state index in [0.717, 1.165) is 47.6 Å². The van der Waals surface area contributed by atoms with Crippen LogP contribution in [0.25, 0.3) is 6.08 Å². The maximum absolute atomic E-state index is 12.2. The molecular formula is C22H20ClN3OS. The van der Waals surface area contributed by atoms with Gasteiger partial charge in [0.05, 0.1) is 15.6 Å². The molecule has 2 heterocycles. The van der Waals surface area contributed by atoms with Gasteiger partial charge in [-0.3, -0.25) is 4.79 Å². The van der Waals surface area contributed by atoms with E-state index < -0.39 is 0 Å². The molecule has 0 spiro atoms. The lowest BCUT2D eigenvalue weighted by atomic mass is 10.2. The molecule has 0 atom stereocenters. The third-order valence-electron chi connectivity index (χ3n) is 4.69. The van der Waals surface area contributed by atoms with E-state index in [1.807, 2.05) is 72.8 Å². The molecule has 4 nitrogen and oxygen atoms in total. The van der Waals surface area contributed by atoms with Crippen molar-refractivity contribution < 1.29 is 4.79 Å². The predicted octanol–water partition coefficient (Wildman–Crippen LogP) is 4.69. The minimum atomic E-state index is -0.161. The Labute approximate surface area is 174 Å². The summed E-state index contributed by atoms with van der Waals surface area (Å²) < 4.78 is 0. The van der Waals surface area contributed by atoms with E-state index in [2.05, 4.69) is 14.8 Å². The molecule has 0 radical (unpaired) electrons. The molecule has 0 saturated carbocycles. The molecular weight excluding hydrogens is 390 g/mol. The van der Waals surface area contributed by atoms with E-state index in [0.29, 0.717) is 4.91 Å². The van der Waals surface area contributed by atoms with Gasteiger partial charge in [-0.15, -0.1) is 0 Å². The van der Waals surface area contributed by atoms with Gasteiger partial charge in [-0.25, -0.2) is 0 Å². The highest BCUT2D eigenvalue weighted by atomic mass is 35.5. The van der Waals surface area contributed by atoms with E-state index in [4.69, 9.17) is 11.6 Å². The van der Waals surface area contributed by atoms with Crippen molar-refractivity contribution in [3.05, 3.63) is 82.2 Å². The van der Waals surface area contributed by atoms with Crippen LogP contribution in [0.3, 0.4) is 0 Å². The predicted molar refractivity (Wildman–Crippen MR) is 119 cm³/mol. The van der Waals surface area contributed by atoms with Crippen LogP contribution in [0.5, 0.6) is 0 Å². The van der Waals surface area contributed by atoms with Crippen molar-refractivity contribution in [2.24, 2.45) is 4.99 Å². The van der Waals surface area contributed by atoms with Gasteiger partial charge in [-0.05, 0) is 35.5 Å². The fraction of sp³-hybridized carbons (Fsp3) is 0.182. The molecule has 0 bridgehead atoms. The number of para-hydroxylation sites is 1. The summed E-state index contributed by atoms with van der Waals surface area (Å²) in [6.45, 7) is 3.34. The SMILES string of the molecule is O=C1N=C(N2CCN(c3ccccc3Cl)CC2)S/C1=C/C=C/c1ccccc1. The summed E-state index contributed by atoms with van der Waals surface area (Å²) in [4.78, 5) is 21.6. The topological polar surface area (TPSA) is 35.9 Å². The first-order chi connectivity index (χ1) is 13.7. The zero-order chi connectivity index (χ0) is 19.3. The molecule has 28 heavy (non-hydrogen) atoms. The van der Waals surface area contributed by atoms with Crippen LogP contribution in [0, 0.1) is 0 Å². The lowest BCUT2D eigenvalue weighted by molar-refractivity contribution is -0.113. The Bertz CT molecular complexity index is 947. The van der Waals surface area contributed by atoms with E-state index in [-0.39, 0.29) is 5.91 Å². The second-order valence-corrected chi connectivity index (χ2v) is 7.94. The zero-order valence-corrected chi connectivity index (χ0v) is 16.9. The van der Waals surface area contributed by atoms with Crippen LogP contribution >= 0.6 is 23.4 Å². The first-order valence-corrected chi connectivity index (χ1v) is 10.4. The van der Waals surface area contributed by atoms with Gasteiger partial charge in [0.25, 0.3) is 5.91 Å². The van der Waals surface area contributed by atoms with Crippen LogP contribution in [0.15, 0.2) is 76.6 Å². The molecule has 2 aromatic carbocycles. The average molecular weight is 410 g/mol. The lowest BCUT2D eigenvalue weighted by Gasteiger charge is -2.37. The highest BCUT2D eigenvalue weighted by molar-refractivity contribution is 8.18. The summed E-state index contributed by atoms with van der Waals surface area (Å²) >= 11 is 7.76. The van der Waals surface area contributed by atoms with Gasteiger partial charge in [-0.1, -0.05) is 66.2 Å². The third kappa shape index (κ3) is 4.32. The van der Waals surface area contributed by atoms with Crippen LogP contribution in [0.1, 0.15) is 5.56 Å². The van der Waals surface area contributed by atoms with Gasteiger partial charge in [-0.2, -0.15) is 4.99 Å². The summed E-state index contributed by atoms with van der Waals surface area (Å²) in [7, 11) is 0. The largest absolute Gasteiger partial charge is 0.367 e. The molecule has 2 aliphatic heterocycles. The van der Waals surface area contributed by atoms with E-state index in [1.54, 1.807) is 0 Å². The maximum Gasteiger partial charge on any atom is 0.286 e. The normalized spacial score (nSPS) is 19.0. The van der Waals surface area contributed by atoms with Crippen molar-refractivity contribution in [3.8, 4) is 0 Å². The molecule has 0 aromatic heterocycles. The number of allylic oxidation sites excluding steroid dienone is 2. The van der Waals surface area contributed by atoms with Crippen molar-refractivity contribution in [2.75, 3.05) is 31.1 Å². The number of amidine groups is 1. The molecule has 0 aliphatic carbocycles. The lowest BCUT2D eigenvalue weighted by Crippen LogP contribution is -2.47. The van der Waals surface area contributed by atoms with Gasteiger partial charge in [0.1, 0.15) is 0 Å².